The highest BCUT2D eigenvalue weighted by Gasteiger charge is 2.28. The fourth-order valence-corrected chi connectivity index (χ4v) is 5.55. The van der Waals surface area contributed by atoms with Gasteiger partial charge in [0.05, 0.1) is 29.3 Å². The van der Waals surface area contributed by atoms with Crippen LogP contribution in [0.25, 0.3) is 11.1 Å². The zero-order valence-electron chi connectivity index (χ0n) is 18.7. The second-order valence-electron chi connectivity index (χ2n) is 8.18. The molecule has 0 aromatic heterocycles. The van der Waals surface area contributed by atoms with Gasteiger partial charge in [0.2, 0.25) is 10.0 Å². The van der Waals surface area contributed by atoms with Gasteiger partial charge in [-0.3, -0.25) is 4.90 Å². The molecule has 4 rings (SSSR count). The van der Waals surface area contributed by atoms with Gasteiger partial charge >= 0.3 is 0 Å². The molecule has 1 fully saturated rings. The molecule has 0 spiro atoms. The Hall–Kier alpha value is -2.70. The smallest absolute Gasteiger partial charge is 0.241 e. The van der Waals surface area contributed by atoms with Crippen LogP contribution in [-0.4, -0.2) is 39.2 Å². The van der Waals surface area contributed by atoms with Crippen LogP contribution in [0.4, 0.5) is 0 Å². The minimum atomic E-state index is -3.56. The number of likely N-dealkylation sites (tertiary alicyclic amines) is 1. The summed E-state index contributed by atoms with van der Waals surface area (Å²) >= 11 is 3.34. The van der Waals surface area contributed by atoms with Crippen LogP contribution in [0.5, 0.6) is 5.75 Å². The molecule has 1 N–H and O–H groups in total. The highest BCUT2D eigenvalue weighted by atomic mass is 79.9. The summed E-state index contributed by atoms with van der Waals surface area (Å²) in [5.74, 6) is 0.798. The second-order valence-corrected chi connectivity index (χ2v) is 10.8. The molecule has 1 atom stereocenters. The standard InChI is InChI=1S/C26H26BrN3O3S/c27-23-10-14-25(15-11-23)34(31,32)29-26-3-1-16-30(26)17-2-18-33-24-12-8-22(9-13-24)21-6-4-20(19-28)5-7-21/h4-15,26,29H,1-3,16-18H2. The minimum Gasteiger partial charge on any atom is -0.494 e. The molecule has 0 radical (unpaired) electrons. The number of nitrogens with zero attached hydrogens (tertiary/aromatic N) is 2. The van der Waals surface area contributed by atoms with Crippen LogP contribution < -0.4 is 9.46 Å². The summed E-state index contributed by atoms with van der Waals surface area (Å²) in [7, 11) is -3.56. The van der Waals surface area contributed by atoms with E-state index >= 15 is 0 Å². The minimum absolute atomic E-state index is 0.194. The van der Waals surface area contributed by atoms with Gasteiger partial charge in [0, 0.05) is 11.0 Å². The van der Waals surface area contributed by atoms with Crippen LogP contribution in [0.3, 0.4) is 0 Å². The van der Waals surface area contributed by atoms with Crippen molar-refractivity contribution >= 4 is 26.0 Å². The first kappa shape index (κ1) is 24.4. The van der Waals surface area contributed by atoms with Gasteiger partial charge in [-0.05, 0) is 85.5 Å². The van der Waals surface area contributed by atoms with Crippen molar-refractivity contribution in [2.75, 3.05) is 19.7 Å². The van der Waals surface area contributed by atoms with Crippen molar-refractivity contribution in [3.63, 3.8) is 0 Å². The van der Waals surface area contributed by atoms with E-state index in [1.165, 1.54) is 0 Å². The van der Waals surface area contributed by atoms with E-state index in [0.29, 0.717) is 12.2 Å². The van der Waals surface area contributed by atoms with Crippen molar-refractivity contribution in [1.29, 1.82) is 5.26 Å². The van der Waals surface area contributed by atoms with Crippen molar-refractivity contribution in [2.24, 2.45) is 0 Å². The molecule has 3 aromatic carbocycles. The fourth-order valence-electron chi connectivity index (χ4n) is 4.03. The molecule has 0 aliphatic carbocycles. The Morgan fingerprint density at radius 1 is 1.00 bits per heavy atom. The molecule has 1 saturated heterocycles. The van der Waals surface area contributed by atoms with Crippen molar-refractivity contribution in [1.82, 2.24) is 9.62 Å². The van der Waals surface area contributed by atoms with E-state index in [-0.39, 0.29) is 11.1 Å². The normalized spacial score (nSPS) is 16.3. The third-order valence-corrected chi connectivity index (χ3v) is 7.84. The van der Waals surface area contributed by atoms with Crippen LogP contribution in [-0.2, 0) is 10.0 Å². The molecule has 1 unspecified atom stereocenters. The summed E-state index contributed by atoms with van der Waals surface area (Å²) in [6.07, 6.45) is 2.37. The van der Waals surface area contributed by atoms with E-state index in [0.717, 1.165) is 53.7 Å². The SMILES string of the molecule is N#Cc1ccc(-c2ccc(OCCCN3CCCC3NS(=O)(=O)c3ccc(Br)cc3)cc2)cc1. The van der Waals surface area contributed by atoms with E-state index in [1.54, 1.807) is 24.3 Å². The summed E-state index contributed by atoms with van der Waals surface area (Å²) in [6, 6.07) is 24.2. The monoisotopic (exact) mass is 539 g/mol. The Morgan fingerprint density at radius 2 is 1.65 bits per heavy atom. The summed E-state index contributed by atoms with van der Waals surface area (Å²) in [5, 5.41) is 8.93. The molecule has 6 nitrogen and oxygen atoms in total. The van der Waals surface area contributed by atoms with Gasteiger partial charge in [0.1, 0.15) is 5.75 Å². The van der Waals surface area contributed by atoms with E-state index in [1.807, 2.05) is 48.5 Å². The lowest BCUT2D eigenvalue weighted by atomic mass is 10.0. The van der Waals surface area contributed by atoms with E-state index in [9.17, 15) is 8.42 Å². The second kappa shape index (κ2) is 11.2. The number of hydrogen-bond donors (Lipinski definition) is 1. The first-order valence-electron chi connectivity index (χ1n) is 11.2. The maximum absolute atomic E-state index is 12.7. The van der Waals surface area contributed by atoms with Crippen LogP contribution in [0.15, 0.2) is 82.2 Å². The van der Waals surface area contributed by atoms with Crippen LogP contribution in [0.1, 0.15) is 24.8 Å². The molecule has 3 aromatic rings. The van der Waals surface area contributed by atoms with Gasteiger partial charge in [-0.25, -0.2) is 8.42 Å². The molecule has 176 valence electrons. The van der Waals surface area contributed by atoms with Crippen molar-refractivity contribution in [3.8, 4) is 22.9 Å². The fraction of sp³-hybridized carbons (Fsp3) is 0.269. The summed E-state index contributed by atoms with van der Waals surface area (Å²) in [6.45, 7) is 2.18. The van der Waals surface area contributed by atoms with Crippen LogP contribution in [0.2, 0.25) is 0 Å². The lowest BCUT2D eigenvalue weighted by Crippen LogP contribution is -2.44. The van der Waals surface area contributed by atoms with Gasteiger partial charge in [-0.1, -0.05) is 40.2 Å². The molecule has 1 aliphatic heterocycles. The summed E-state index contributed by atoms with van der Waals surface area (Å²) < 4.78 is 35.1. The van der Waals surface area contributed by atoms with Crippen molar-refractivity contribution in [2.45, 2.75) is 30.3 Å². The van der Waals surface area contributed by atoms with Gasteiger partial charge in [-0.15, -0.1) is 0 Å². The molecular weight excluding hydrogens is 514 g/mol. The Morgan fingerprint density at radius 3 is 2.29 bits per heavy atom. The number of benzene rings is 3. The molecule has 1 aliphatic rings. The first-order valence-corrected chi connectivity index (χ1v) is 13.5. The predicted octanol–water partition coefficient (Wildman–Crippen LogP) is 5.16. The average molecular weight is 540 g/mol. The number of nitrogens with one attached hydrogen (secondary N) is 1. The zero-order chi connectivity index (χ0) is 24.0. The molecule has 0 saturated carbocycles. The predicted molar refractivity (Wildman–Crippen MR) is 136 cm³/mol. The van der Waals surface area contributed by atoms with E-state index in [2.05, 4.69) is 31.6 Å². The Kier molecular flexibility index (Phi) is 8.01. The highest BCUT2D eigenvalue weighted by Crippen LogP contribution is 2.23. The maximum Gasteiger partial charge on any atom is 0.241 e. The Balaban J connectivity index is 1.25. The Labute approximate surface area is 209 Å². The number of rotatable bonds is 9. The highest BCUT2D eigenvalue weighted by molar-refractivity contribution is 9.10. The molecular formula is C26H26BrN3O3S. The topological polar surface area (TPSA) is 82.4 Å². The van der Waals surface area contributed by atoms with E-state index < -0.39 is 10.0 Å². The molecule has 0 amide bonds. The number of halogens is 1. The number of hydrogen-bond acceptors (Lipinski definition) is 5. The molecule has 0 bridgehead atoms. The molecule has 1 heterocycles. The lowest BCUT2D eigenvalue weighted by molar-refractivity contribution is 0.214. The zero-order valence-corrected chi connectivity index (χ0v) is 21.1. The Bertz CT molecular complexity index is 1240. The number of nitriles is 1. The first-order chi connectivity index (χ1) is 16.4. The van der Waals surface area contributed by atoms with Crippen molar-refractivity contribution < 1.29 is 13.2 Å². The largest absolute Gasteiger partial charge is 0.494 e. The number of ether oxygens (including phenoxy) is 1. The van der Waals surface area contributed by atoms with Gasteiger partial charge < -0.3 is 4.74 Å². The van der Waals surface area contributed by atoms with Gasteiger partial charge in [0.25, 0.3) is 0 Å². The van der Waals surface area contributed by atoms with Gasteiger partial charge in [0.15, 0.2) is 0 Å². The van der Waals surface area contributed by atoms with Crippen molar-refractivity contribution in [3.05, 3.63) is 82.8 Å². The van der Waals surface area contributed by atoms with Crippen LogP contribution in [0, 0.1) is 11.3 Å². The van der Waals surface area contributed by atoms with Crippen LogP contribution >= 0.6 is 15.9 Å². The number of sulfonamides is 1. The molecule has 34 heavy (non-hydrogen) atoms. The average Bonchev–Trinajstić information content (AvgIpc) is 3.28. The van der Waals surface area contributed by atoms with E-state index in [4.69, 9.17) is 10.00 Å². The lowest BCUT2D eigenvalue weighted by Gasteiger charge is -2.25. The molecule has 8 heteroatoms. The summed E-state index contributed by atoms with van der Waals surface area (Å²) in [4.78, 5) is 2.45. The third kappa shape index (κ3) is 6.24. The third-order valence-electron chi connectivity index (χ3n) is 5.84. The quantitative estimate of drug-likeness (QED) is 0.380. The van der Waals surface area contributed by atoms with Gasteiger partial charge in [-0.2, -0.15) is 9.98 Å². The maximum atomic E-state index is 12.7. The summed E-state index contributed by atoms with van der Waals surface area (Å²) in [5.41, 5.74) is 2.76.